The van der Waals surface area contributed by atoms with Crippen LogP contribution in [0.25, 0.3) is 0 Å². The predicted molar refractivity (Wildman–Crippen MR) is 71.8 cm³/mol. The van der Waals surface area contributed by atoms with E-state index < -0.39 is 0 Å². The van der Waals surface area contributed by atoms with E-state index in [9.17, 15) is 0 Å². The number of rotatable bonds is 3. The molecule has 2 heterocycles. The lowest BCUT2D eigenvalue weighted by atomic mass is 9.96. The van der Waals surface area contributed by atoms with Crippen molar-refractivity contribution in [3.05, 3.63) is 48.4 Å². The molecule has 0 spiro atoms. The van der Waals surface area contributed by atoms with Crippen molar-refractivity contribution < 1.29 is 13.9 Å². The summed E-state index contributed by atoms with van der Waals surface area (Å²) in [5, 5.41) is 0. The minimum absolute atomic E-state index is 0.0213. The summed E-state index contributed by atoms with van der Waals surface area (Å²) in [5.74, 6) is 2.64. The Morgan fingerprint density at radius 2 is 1.95 bits per heavy atom. The zero-order valence-electron chi connectivity index (χ0n) is 10.9. The lowest BCUT2D eigenvalue weighted by Crippen LogP contribution is -2.36. The van der Waals surface area contributed by atoms with E-state index in [1.165, 1.54) is 0 Å². The van der Waals surface area contributed by atoms with Crippen molar-refractivity contribution in [3.63, 3.8) is 0 Å². The van der Waals surface area contributed by atoms with Gasteiger partial charge in [0.1, 0.15) is 11.5 Å². The minimum atomic E-state index is -0.0213. The predicted octanol–water partition coefficient (Wildman–Crippen LogP) is 3.73. The Morgan fingerprint density at radius 3 is 2.53 bits per heavy atom. The number of ether oxygens (including phenoxy) is 2. The fraction of sp³-hybridized carbons (Fsp3) is 0.267. The van der Waals surface area contributed by atoms with E-state index in [0.29, 0.717) is 0 Å². The lowest BCUT2D eigenvalue weighted by molar-refractivity contribution is 0.0471. The van der Waals surface area contributed by atoms with Crippen molar-refractivity contribution in [2.75, 3.05) is 7.11 Å². The molecule has 3 rings (SSSR count). The normalized spacial score (nSPS) is 23.8. The third kappa shape index (κ3) is 2.21. The first-order valence-corrected chi connectivity index (χ1v) is 6.20. The van der Waals surface area contributed by atoms with Gasteiger partial charge in [-0.1, -0.05) is 0 Å². The van der Waals surface area contributed by atoms with E-state index in [2.05, 4.69) is 11.9 Å². The first-order valence-electron chi connectivity index (χ1n) is 6.20. The molecule has 0 bridgehead atoms. The average molecular weight is 257 g/mol. The van der Waals surface area contributed by atoms with Gasteiger partial charge in [-0.05, 0) is 43.3 Å². The van der Waals surface area contributed by atoms with Gasteiger partial charge in [0.25, 0.3) is 0 Å². The zero-order valence-corrected chi connectivity index (χ0v) is 10.9. The summed E-state index contributed by atoms with van der Waals surface area (Å²) in [5.41, 5.74) is 0.862. The van der Waals surface area contributed by atoms with E-state index in [-0.39, 0.29) is 12.0 Å². The zero-order chi connectivity index (χ0) is 13.2. The van der Waals surface area contributed by atoms with Gasteiger partial charge in [-0.25, -0.2) is 4.99 Å². The summed E-state index contributed by atoms with van der Waals surface area (Å²) in [7, 11) is 1.64. The first-order chi connectivity index (χ1) is 9.28. The average Bonchev–Trinajstić information content (AvgIpc) is 2.96. The van der Waals surface area contributed by atoms with Crippen LogP contribution in [0.5, 0.6) is 5.75 Å². The Labute approximate surface area is 111 Å². The van der Waals surface area contributed by atoms with Crippen LogP contribution < -0.4 is 4.74 Å². The van der Waals surface area contributed by atoms with Crippen molar-refractivity contribution in [2.45, 2.75) is 13.0 Å². The van der Waals surface area contributed by atoms with Gasteiger partial charge in [0.2, 0.25) is 0 Å². The van der Waals surface area contributed by atoms with Crippen LogP contribution in [0, 0.1) is 5.92 Å². The van der Waals surface area contributed by atoms with E-state index in [1.54, 1.807) is 13.4 Å². The standard InChI is InChI=1S/C15H15NO3/c1-10-14(13-4-3-9-18-13)19-15(10)16-11-5-7-12(17-2)8-6-11/h3-10,14H,1-2H3. The number of methoxy groups -OCH3 is 1. The van der Waals surface area contributed by atoms with Crippen molar-refractivity contribution >= 4 is 11.6 Å². The molecular formula is C15H15NO3. The molecule has 98 valence electrons. The van der Waals surface area contributed by atoms with E-state index >= 15 is 0 Å². The van der Waals surface area contributed by atoms with E-state index in [4.69, 9.17) is 13.9 Å². The van der Waals surface area contributed by atoms with Gasteiger partial charge < -0.3 is 13.9 Å². The molecule has 2 aromatic rings. The fourth-order valence-corrected chi connectivity index (χ4v) is 2.07. The summed E-state index contributed by atoms with van der Waals surface area (Å²) in [4.78, 5) is 4.48. The van der Waals surface area contributed by atoms with Crippen LogP contribution in [0.4, 0.5) is 5.69 Å². The Bertz CT molecular complexity index is 572. The van der Waals surface area contributed by atoms with Crippen molar-refractivity contribution in [1.82, 2.24) is 0 Å². The third-order valence-electron chi connectivity index (χ3n) is 3.23. The summed E-state index contributed by atoms with van der Waals surface area (Å²) in [6.45, 7) is 2.08. The molecule has 19 heavy (non-hydrogen) atoms. The van der Waals surface area contributed by atoms with Gasteiger partial charge in [0.05, 0.1) is 25.0 Å². The minimum Gasteiger partial charge on any atom is -0.497 e. The number of aliphatic imine (C=N–C) groups is 1. The second-order valence-corrected chi connectivity index (χ2v) is 4.49. The quantitative estimate of drug-likeness (QED) is 0.841. The van der Waals surface area contributed by atoms with Crippen LogP contribution in [0.2, 0.25) is 0 Å². The van der Waals surface area contributed by atoms with Crippen LogP contribution in [0.1, 0.15) is 18.8 Å². The van der Waals surface area contributed by atoms with Gasteiger partial charge >= 0.3 is 0 Å². The topological polar surface area (TPSA) is 44.0 Å². The molecule has 4 nitrogen and oxygen atoms in total. The van der Waals surface area contributed by atoms with Crippen molar-refractivity contribution in [1.29, 1.82) is 0 Å². The Kier molecular flexibility index (Phi) is 2.99. The largest absolute Gasteiger partial charge is 0.497 e. The number of hydrogen-bond acceptors (Lipinski definition) is 4. The summed E-state index contributed by atoms with van der Waals surface area (Å²) in [6, 6.07) is 11.4. The van der Waals surface area contributed by atoms with E-state index in [1.807, 2.05) is 36.4 Å². The Morgan fingerprint density at radius 1 is 1.16 bits per heavy atom. The lowest BCUT2D eigenvalue weighted by Gasteiger charge is -2.34. The SMILES string of the molecule is COc1ccc(N=C2OC(c3ccco3)C2C)cc1. The van der Waals surface area contributed by atoms with Crippen molar-refractivity contribution in [2.24, 2.45) is 10.9 Å². The van der Waals surface area contributed by atoms with Crippen LogP contribution in [-0.4, -0.2) is 13.0 Å². The van der Waals surface area contributed by atoms with Gasteiger partial charge in [0, 0.05) is 0 Å². The smallest absolute Gasteiger partial charge is 0.196 e. The molecule has 1 aromatic heterocycles. The Balaban J connectivity index is 1.72. The molecule has 2 unspecified atom stereocenters. The molecule has 1 aliphatic rings. The molecule has 0 aliphatic carbocycles. The molecule has 4 heteroatoms. The molecule has 0 N–H and O–H groups in total. The number of nitrogens with zero attached hydrogens (tertiary/aromatic N) is 1. The molecule has 1 saturated heterocycles. The summed E-state index contributed by atoms with van der Waals surface area (Å²) in [6.07, 6.45) is 1.64. The molecule has 0 radical (unpaired) electrons. The number of furan rings is 1. The second-order valence-electron chi connectivity index (χ2n) is 4.49. The van der Waals surface area contributed by atoms with Crippen molar-refractivity contribution in [3.8, 4) is 5.75 Å². The maximum absolute atomic E-state index is 5.68. The van der Waals surface area contributed by atoms with Gasteiger partial charge in [-0.15, -0.1) is 0 Å². The fourth-order valence-electron chi connectivity index (χ4n) is 2.07. The highest BCUT2D eigenvalue weighted by Gasteiger charge is 2.39. The van der Waals surface area contributed by atoms with Gasteiger partial charge in [-0.3, -0.25) is 0 Å². The maximum atomic E-state index is 5.68. The molecule has 1 aromatic carbocycles. The van der Waals surface area contributed by atoms with Crippen LogP contribution in [0.3, 0.4) is 0 Å². The molecular weight excluding hydrogens is 242 g/mol. The molecule has 1 aliphatic heterocycles. The summed E-state index contributed by atoms with van der Waals surface area (Å²) >= 11 is 0. The molecule has 1 fully saturated rings. The molecule has 2 atom stereocenters. The highest BCUT2D eigenvalue weighted by atomic mass is 16.5. The molecule has 0 saturated carbocycles. The summed E-state index contributed by atoms with van der Waals surface area (Å²) < 4.78 is 16.1. The maximum Gasteiger partial charge on any atom is 0.196 e. The Hall–Kier alpha value is -2.23. The number of benzene rings is 1. The third-order valence-corrected chi connectivity index (χ3v) is 3.23. The molecule has 0 amide bonds. The van der Waals surface area contributed by atoms with Crippen LogP contribution >= 0.6 is 0 Å². The monoisotopic (exact) mass is 257 g/mol. The van der Waals surface area contributed by atoms with Gasteiger partial charge in [-0.2, -0.15) is 0 Å². The van der Waals surface area contributed by atoms with Gasteiger partial charge in [0.15, 0.2) is 12.0 Å². The highest BCUT2D eigenvalue weighted by Crippen LogP contribution is 2.38. The van der Waals surface area contributed by atoms with Crippen LogP contribution in [-0.2, 0) is 4.74 Å². The highest BCUT2D eigenvalue weighted by molar-refractivity contribution is 5.86. The van der Waals surface area contributed by atoms with E-state index in [0.717, 1.165) is 23.1 Å². The second kappa shape index (κ2) is 4.80. The first kappa shape index (κ1) is 11.8. The number of hydrogen-bond donors (Lipinski definition) is 0. The van der Waals surface area contributed by atoms with Crippen LogP contribution in [0.15, 0.2) is 52.1 Å².